The summed E-state index contributed by atoms with van der Waals surface area (Å²) < 4.78 is 38.5. The van der Waals surface area contributed by atoms with E-state index in [1.165, 1.54) is 27.4 Å². The molecular weight excluding hydrogens is 616 g/mol. The summed E-state index contributed by atoms with van der Waals surface area (Å²) in [7, 11) is 7.60. The Bertz CT molecular complexity index is 2040. The average Bonchev–Trinajstić information content (AvgIpc) is 3.09. The number of ether oxygens (including phenoxy) is 6. The molecule has 6 rings (SSSR count). The smallest absolute Gasteiger partial charge is 0.347 e. The number of rotatable bonds is 8. The second kappa shape index (κ2) is 13.8. The van der Waals surface area contributed by atoms with Crippen molar-refractivity contribution in [1.29, 1.82) is 0 Å². The zero-order valence-corrected chi connectivity index (χ0v) is 27.7. The molecule has 0 radical (unpaired) electrons. The molecule has 1 N–H and O–H groups in total. The van der Waals surface area contributed by atoms with E-state index in [2.05, 4.69) is 0 Å². The fourth-order valence-electron chi connectivity index (χ4n) is 5.38. The molecule has 0 saturated heterocycles. The van der Waals surface area contributed by atoms with Crippen molar-refractivity contribution < 1.29 is 42.7 Å². The number of hydrogen-bond acceptors (Lipinski definition) is 10. The third kappa shape index (κ3) is 6.50. The lowest BCUT2D eigenvalue weighted by Crippen LogP contribution is -2.27. The first-order valence-corrected chi connectivity index (χ1v) is 14.9. The van der Waals surface area contributed by atoms with Gasteiger partial charge in [-0.25, -0.2) is 4.79 Å². The molecule has 0 fully saturated rings. The Labute approximate surface area is 277 Å². The summed E-state index contributed by atoms with van der Waals surface area (Å²) in [5, 5.41) is 10.6. The maximum atomic E-state index is 12.9. The lowest BCUT2D eigenvalue weighted by atomic mass is 9.98. The summed E-state index contributed by atoms with van der Waals surface area (Å²) in [6.07, 6.45) is 3.91. The topological polar surface area (TPSA) is 123 Å². The van der Waals surface area contributed by atoms with E-state index in [1.54, 1.807) is 74.9 Å². The van der Waals surface area contributed by atoms with Gasteiger partial charge in [0.05, 0.1) is 41.1 Å². The highest BCUT2D eigenvalue weighted by molar-refractivity contribution is 6.12. The van der Waals surface area contributed by atoms with Gasteiger partial charge >= 0.3 is 5.63 Å². The summed E-state index contributed by atoms with van der Waals surface area (Å²) in [4.78, 5) is 25.3. The van der Waals surface area contributed by atoms with E-state index in [-0.39, 0.29) is 22.8 Å². The van der Waals surface area contributed by atoms with E-state index in [0.717, 1.165) is 5.56 Å². The van der Waals surface area contributed by atoms with Crippen molar-refractivity contribution in [3.8, 4) is 51.4 Å². The molecule has 4 aromatic carbocycles. The van der Waals surface area contributed by atoms with E-state index in [9.17, 15) is 14.7 Å². The van der Waals surface area contributed by atoms with Crippen LogP contribution in [-0.4, -0.2) is 52.0 Å². The van der Waals surface area contributed by atoms with Gasteiger partial charge in [-0.15, -0.1) is 0 Å². The number of carbonyl (C=O) groups excluding carboxylic acids is 1. The largest absolute Gasteiger partial charge is 0.507 e. The quantitative estimate of drug-likeness (QED) is 0.135. The number of ketones is 1. The molecule has 1 aromatic heterocycles. The van der Waals surface area contributed by atoms with Crippen molar-refractivity contribution in [2.24, 2.45) is 0 Å². The Morgan fingerprint density at radius 1 is 0.771 bits per heavy atom. The molecule has 0 bridgehead atoms. The minimum Gasteiger partial charge on any atom is -0.507 e. The molecule has 248 valence electrons. The van der Waals surface area contributed by atoms with Crippen LogP contribution in [0, 0.1) is 0 Å². The molecule has 0 amide bonds. The zero-order valence-electron chi connectivity index (χ0n) is 27.7. The average molecular weight is 653 g/mol. The zero-order chi connectivity index (χ0) is 34.6. The Morgan fingerprint density at radius 2 is 1.44 bits per heavy atom. The number of benzene rings is 4. The van der Waals surface area contributed by atoms with Crippen molar-refractivity contribution in [1.82, 2.24) is 0 Å². The van der Waals surface area contributed by atoms with Crippen LogP contribution in [0.5, 0.6) is 40.2 Å². The number of methoxy groups -OCH3 is 5. The van der Waals surface area contributed by atoms with Gasteiger partial charge in [-0.3, -0.25) is 4.79 Å². The number of carbonyl (C=O) groups is 1. The standard InChI is InChI=1S/C23H22O6.C15H14O4/c1-23(2)11-10-15-16(29-23)12-17-19(20(15)26-4)21(27-5)18(22(24)28-17)13-6-8-14(25-3)9-7-13;1-18-11-8-12(16)14(13(9-11)19-2)15(17)10-6-4-3-5-7-10/h6-12H,1-5H3;3-9,16H,1-2H3. The highest BCUT2D eigenvalue weighted by Crippen LogP contribution is 2.47. The molecule has 0 atom stereocenters. The van der Waals surface area contributed by atoms with E-state index in [0.29, 0.717) is 56.4 Å². The van der Waals surface area contributed by atoms with Crippen molar-refractivity contribution in [2.75, 3.05) is 35.5 Å². The summed E-state index contributed by atoms with van der Waals surface area (Å²) in [6.45, 7) is 3.90. The molecule has 1 aliphatic rings. The van der Waals surface area contributed by atoms with Gasteiger partial charge in [-0.1, -0.05) is 42.5 Å². The van der Waals surface area contributed by atoms with Gasteiger partial charge in [-0.05, 0) is 43.7 Å². The van der Waals surface area contributed by atoms with E-state index in [1.807, 2.05) is 32.1 Å². The first-order valence-electron chi connectivity index (χ1n) is 14.9. The molecule has 5 aromatic rings. The minimum absolute atomic E-state index is 0.134. The first-order chi connectivity index (χ1) is 23.0. The van der Waals surface area contributed by atoms with Gasteiger partial charge in [0.15, 0.2) is 0 Å². The van der Waals surface area contributed by atoms with Crippen molar-refractivity contribution in [2.45, 2.75) is 19.4 Å². The highest BCUT2D eigenvalue weighted by Gasteiger charge is 2.29. The second-order valence-corrected chi connectivity index (χ2v) is 11.2. The maximum Gasteiger partial charge on any atom is 0.347 e. The monoisotopic (exact) mass is 652 g/mol. The van der Waals surface area contributed by atoms with Crippen molar-refractivity contribution in [3.63, 3.8) is 0 Å². The van der Waals surface area contributed by atoms with Crippen LogP contribution < -0.4 is 34.0 Å². The van der Waals surface area contributed by atoms with Crippen molar-refractivity contribution in [3.05, 3.63) is 106 Å². The van der Waals surface area contributed by atoms with Crippen LogP contribution in [0.15, 0.2) is 88.1 Å². The number of phenols is 1. The summed E-state index contributed by atoms with van der Waals surface area (Å²) in [5.74, 6) is 2.45. The molecule has 0 unspecified atom stereocenters. The van der Waals surface area contributed by atoms with E-state index < -0.39 is 11.2 Å². The molecule has 2 heterocycles. The van der Waals surface area contributed by atoms with Gasteiger partial charge in [0.2, 0.25) is 5.78 Å². The van der Waals surface area contributed by atoms with Gasteiger partial charge in [-0.2, -0.15) is 0 Å². The summed E-state index contributed by atoms with van der Waals surface area (Å²) in [6, 6.07) is 20.5. The number of hydrogen-bond donors (Lipinski definition) is 1. The predicted molar refractivity (Wildman–Crippen MR) is 182 cm³/mol. The van der Waals surface area contributed by atoms with E-state index in [4.69, 9.17) is 32.8 Å². The SMILES string of the molecule is COc1cc(O)c(C(=O)c2ccccc2)c(OC)c1.COc1ccc(-c2c(OC)c3c(OC)c4c(cc3oc2=O)OC(C)(C)C=C4)cc1. The number of aromatic hydroxyl groups is 1. The maximum absolute atomic E-state index is 12.9. The molecule has 1 aliphatic heterocycles. The number of phenolic OH excluding ortho intramolecular Hbond substituents is 1. The fraction of sp³-hybridized carbons (Fsp3) is 0.211. The molecule has 0 aliphatic carbocycles. The molecule has 0 saturated carbocycles. The fourth-order valence-corrected chi connectivity index (χ4v) is 5.38. The van der Waals surface area contributed by atoms with Crippen LogP contribution in [0.2, 0.25) is 0 Å². The van der Waals surface area contributed by atoms with Gasteiger partial charge < -0.3 is 37.9 Å². The molecule has 48 heavy (non-hydrogen) atoms. The minimum atomic E-state index is -0.507. The van der Waals surface area contributed by atoms with Crippen LogP contribution in [-0.2, 0) is 0 Å². The summed E-state index contributed by atoms with van der Waals surface area (Å²) in [5.41, 5.74) is 1.73. The highest BCUT2D eigenvalue weighted by atomic mass is 16.5. The lowest BCUT2D eigenvalue weighted by molar-refractivity contribution is 0.103. The van der Waals surface area contributed by atoms with Gasteiger partial charge in [0.25, 0.3) is 0 Å². The summed E-state index contributed by atoms with van der Waals surface area (Å²) >= 11 is 0. The van der Waals surface area contributed by atoms with Crippen LogP contribution in [0.25, 0.3) is 28.2 Å². The predicted octanol–water partition coefficient (Wildman–Crippen LogP) is 7.31. The normalized spacial score (nSPS) is 12.6. The molecule has 0 spiro atoms. The van der Waals surface area contributed by atoms with E-state index >= 15 is 0 Å². The van der Waals surface area contributed by atoms with Gasteiger partial charge in [0, 0.05) is 23.8 Å². The van der Waals surface area contributed by atoms with Crippen LogP contribution in [0.4, 0.5) is 0 Å². The lowest BCUT2D eigenvalue weighted by Gasteiger charge is -2.29. The Kier molecular flexibility index (Phi) is 9.65. The Balaban J connectivity index is 0.000000206. The number of fused-ring (bicyclic) bond motifs is 2. The molecule has 10 heteroatoms. The van der Waals surface area contributed by atoms with Crippen LogP contribution in [0.3, 0.4) is 0 Å². The first kappa shape index (κ1) is 33.5. The Morgan fingerprint density at radius 3 is 2.04 bits per heavy atom. The molecular formula is C38H36O10. The third-order valence-electron chi connectivity index (χ3n) is 7.69. The Hall–Kier alpha value is -5.90. The van der Waals surface area contributed by atoms with Crippen molar-refractivity contribution >= 4 is 22.8 Å². The third-order valence-corrected chi connectivity index (χ3v) is 7.69. The molecule has 10 nitrogen and oxygen atoms in total. The van der Waals surface area contributed by atoms with Crippen LogP contribution >= 0.6 is 0 Å². The second-order valence-electron chi connectivity index (χ2n) is 11.2. The van der Waals surface area contributed by atoms with Crippen LogP contribution in [0.1, 0.15) is 35.3 Å². The van der Waals surface area contributed by atoms with Gasteiger partial charge in [0.1, 0.15) is 67.9 Å².